The molecule has 3 N–H and O–H groups in total. The standard InChI is InChI=1S/C21H28N6O.ClH/c1-13-18(17-9-15-12-24-6-4-7-27(15)26-17)16(11-22)20(23)25-19(13)14-5-8-28-21(2,3)10-14;/h9,14,24H,4-8,10,12H2,1-3H3,(H2,23,25);1H. The maximum absolute atomic E-state index is 9.78. The SMILES string of the molecule is Cc1c(C2CCOC(C)(C)C2)nc(N)c(C#N)c1-c1cc2n(n1)CCCNC2.Cl. The van der Waals surface area contributed by atoms with Gasteiger partial charge in [-0.25, -0.2) is 4.98 Å². The van der Waals surface area contributed by atoms with Crippen molar-refractivity contribution >= 4 is 18.2 Å². The lowest BCUT2D eigenvalue weighted by atomic mass is 9.83. The highest BCUT2D eigenvalue weighted by Crippen LogP contribution is 2.40. The molecule has 2 aromatic rings. The van der Waals surface area contributed by atoms with Crippen molar-refractivity contribution < 1.29 is 4.74 Å². The van der Waals surface area contributed by atoms with Gasteiger partial charge in [-0.2, -0.15) is 10.4 Å². The number of fused-ring (bicyclic) bond motifs is 1. The van der Waals surface area contributed by atoms with E-state index in [4.69, 9.17) is 15.6 Å². The number of nitrogens with one attached hydrogen (secondary N) is 1. The monoisotopic (exact) mass is 416 g/mol. The highest BCUT2D eigenvalue weighted by Gasteiger charge is 2.33. The van der Waals surface area contributed by atoms with E-state index in [0.717, 1.165) is 67.1 Å². The van der Waals surface area contributed by atoms with E-state index in [9.17, 15) is 5.26 Å². The maximum Gasteiger partial charge on any atom is 0.142 e. The summed E-state index contributed by atoms with van der Waals surface area (Å²) in [5.74, 6) is 0.559. The number of aromatic nitrogens is 3. The molecule has 0 amide bonds. The first kappa shape index (κ1) is 21.6. The predicted molar refractivity (Wildman–Crippen MR) is 115 cm³/mol. The summed E-state index contributed by atoms with van der Waals surface area (Å²) in [6, 6.07) is 4.35. The number of nitriles is 1. The van der Waals surface area contributed by atoms with E-state index in [1.54, 1.807) is 0 Å². The summed E-state index contributed by atoms with van der Waals surface area (Å²) >= 11 is 0. The van der Waals surface area contributed by atoms with Crippen LogP contribution in [0.5, 0.6) is 0 Å². The molecular formula is C21H29ClN6O. The molecule has 0 saturated carbocycles. The third-order valence-electron chi connectivity index (χ3n) is 5.85. The van der Waals surface area contributed by atoms with E-state index in [0.29, 0.717) is 18.0 Å². The zero-order chi connectivity index (χ0) is 19.9. The number of nitrogen functional groups attached to an aromatic ring is 1. The van der Waals surface area contributed by atoms with E-state index in [2.05, 4.69) is 36.3 Å². The van der Waals surface area contributed by atoms with Gasteiger partial charge in [-0.15, -0.1) is 12.4 Å². The Morgan fingerprint density at radius 1 is 1.41 bits per heavy atom. The summed E-state index contributed by atoms with van der Waals surface area (Å²) in [6.07, 6.45) is 2.83. The zero-order valence-corrected chi connectivity index (χ0v) is 18.1. The number of ether oxygens (including phenoxy) is 1. The molecule has 4 heterocycles. The van der Waals surface area contributed by atoms with Gasteiger partial charge in [-0.1, -0.05) is 0 Å². The second-order valence-electron chi connectivity index (χ2n) is 8.44. The van der Waals surface area contributed by atoms with E-state index >= 15 is 0 Å². The molecule has 7 nitrogen and oxygen atoms in total. The lowest BCUT2D eigenvalue weighted by Gasteiger charge is -2.36. The number of nitrogens with two attached hydrogens (primary N) is 1. The highest BCUT2D eigenvalue weighted by molar-refractivity contribution is 5.85. The van der Waals surface area contributed by atoms with Crippen molar-refractivity contribution in [2.45, 2.75) is 64.6 Å². The minimum absolute atomic E-state index is 0. The van der Waals surface area contributed by atoms with E-state index < -0.39 is 0 Å². The van der Waals surface area contributed by atoms with Gasteiger partial charge >= 0.3 is 0 Å². The first-order valence-electron chi connectivity index (χ1n) is 10.0. The molecule has 0 radical (unpaired) electrons. The Morgan fingerprint density at radius 2 is 2.21 bits per heavy atom. The molecule has 29 heavy (non-hydrogen) atoms. The van der Waals surface area contributed by atoms with Crippen LogP contribution in [0.4, 0.5) is 5.82 Å². The number of hydrogen-bond acceptors (Lipinski definition) is 6. The van der Waals surface area contributed by atoms with Crippen LogP contribution in [-0.4, -0.2) is 33.5 Å². The Kier molecular flexibility index (Phi) is 6.18. The van der Waals surface area contributed by atoms with Gasteiger partial charge in [-0.05, 0) is 58.2 Å². The number of halogens is 1. The lowest BCUT2D eigenvalue weighted by molar-refractivity contribution is -0.0598. The molecule has 1 atom stereocenters. The minimum atomic E-state index is -0.183. The van der Waals surface area contributed by atoms with Gasteiger partial charge in [0.1, 0.15) is 17.5 Å². The van der Waals surface area contributed by atoms with Crippen molar-refractivity contribution in [2.75, 3.05) is 18.9 Å². The van der Waals surface area contributed by atoms with E-state index in [-0.39, 0.29) is 23.9 Å². The molecule has 0 aromatic carbocycles. The first-order valence-corrected chi connectivity index (χ1v) is 10.0. The van der Waals surface area contributed by atoms with E-state index in [1.165, 1.54) is 0 Å². The topological polar surface area (TPSA) is 102 Å². The largest absolute Gasteiger partial charge is 0.383 e. The Hall–Kier alpha value is -2.14. The molecule has 1 saturated heterocycles. The van der Waals surface area contributed by atoms with Gasteiger partial charge in [0.15, 0.2) is 0 Å². The molecule has 156 valence electrons. The number of nitrogens with zero attached hydrogens (tertiary/aromatic N) is 4. The number of anilines is 1. The number of hydrogen-bond donors (Lipinski definition) is 2. The summed E-state index contributed by atoms with van der Waals surface area (Å²) in [6.45, 7) is 9.64. The van der Waals surface area contributed by atoms with E-state index in [1.807, 2.05) is 11.6 Å². The Labute approximate surface area is 178 Å². The molecule has 1 unspecified atom stereocenters. The quantitative estimate of drug-likeness (QED) is 0.778. The molecule has 0 aliphatic carbocycles. The van der Waals surface area contributed by atoms with Gasteiger partial charge in [-0.3, -0.25) is 4.68 Å². The maximum atomic E-state index is 9.78. The molecule has 2 aromatic heterocycles. The molecule has 2 aliphatic rings. The third-order valence-corrected chi connectivity index (χ3v) is 5.85. The van der Waals surface area contributed by atoms with Crippen LogP contribution in [-0.2, 0) is 17.8 Å². The van der Waals surface area contributed by atoms with Gasteiger partial charge < -0.3 is 15.8 Å². The predicted octanol–water partition coefficient (Wildman–Crippen LogP) is 3.30. The normalized spacial score (nSPS) is 20.8. The summed E-state index contributed by atoms with van der Waals surface area (Å²) in [5, 5.41) is 18.0. The van der Waals surface area contributed by atoms with Crippen LogP contribution in [0.2, 0.25) is 0 Å². The molecule has 2 aliphatic heterocycles. The second kappa shape index (κ2) is 8.31. The van der Waals surface area contributed by atoms with Crippen molar-refractivity contribution in [3.63, 3.8) is 0 Å². The number of aryl methyl sites for hydroxylation is 1. The Bertz CT molecular complexity index is 922. The molecule has 8 heteroatoms. The van der Waals surface area contributed by atoms with Gasteiger partial charge in [0.2, 0.25) is 0 Å². The van der Waals surface area contributed by atoms with Crippen LogP contribution in [0.15, 0.2) is 6.07 Å². The fraction of sp³-hybridized carbons (Fsp3) is 0.571. The summed E-state index contributed by atoms with van der Waals surface area (Å²) in [4.78, 5) is 4.67. The first-order chi connectivity index (χ1) is 13.4. The van der Waals surface area contributed by atoms with Crippen LogP contribution in [0.3, 0.4) is 0 Å². The van der Waals surface area contributed by atoms with Gasteiger partial charge in [0.25, 0.3) is 0 Å². The van der Waals surface area contributed by atoms with Crippen LogP contribution in [0.25, 0.3) is 11.3 Å². The van der Waals surface area contributed by atoms with Crippen molar-refractivity contribution in [2.24, 2.45) is 0 Å². The van der Waals surface area contributed by atoms with Crippen molar-refractivity contribution in [3.05, 3.63) is 28.6 Å². The average molecular weight is 417 g/mol. The van der Waals surface area contributed by atoms with Crippen LogP contribution >= 0.6 is 12.4 Å². The minimum Gasteiger partial charge on any atom is -0.383 e. The third kappa shape index (κ3) is 4.11. The summed E-state index contributed by atoms with van der Waals surface area (Å²) < 4.78 is 7.93. The van der Waals surface area contributed by atoms with Crippen molar-refractivity contribution in [1.82, 2.24) is 20.1 Å². The number of rotatable bonds is 2. The Balaban J connectivity index is 0.00000240. The fourth-order valence-corrected chi connectivity index (χ4v) is 4.49. The molecule has 4 rings (SSSR count). The lowest BCUT2D eigenvalue weighted by Crippen LogP contribution is -2.33. The van der Waals surface area contributed by atoms with Crippen molar-refractivity contribution in [1.29, 1.82) is 5.26 Å². The Morgan fingerprint density at radius 3 is 2.93 bits per heavy atom. The molecule has 0 bridgehead atoms. The molecule has 0 spiro atoms. The molecule has 1 fully saturated rings. The average Bonchev–Trinajstić information content (AvgIpc) is 2.91. The van der Waals surface area contributed by atoms with Crippen LogP contribution in [0.1, 0.15) is 61.5 Å². The fourth-order valence-electron chi connectivity index (χ4n) is 4.49. The highest BCUT2D eigenvalue weighted by atomic mass is 35.5. The van der Waals surface area contributed by atoms with Gasteiger partial charge in [0, 0.05) is 36.9 Å². The summed E-state index contributed by atoms with van der Waals surface area (Å²) in [7, 11) is 0. The van der Waals surface area contributed by atoms with Crippen molar-refractivity contribution in [3.8, 4) is 17.3 Å². The smallest absolute Gasteiger partial charge is 0.142 e. The van der Waals surface area contributed by atoms with Crippen LogP contribution < -0.4 is 11.1 Å². The second-order valence-corrected chi connectivity index (χ2v) is 8.44. The summed E-state index contributed by atoms with van der Waals surface area (Å²) in [5.41, 5.74) is 11.3. The number of pyridine rings is 1. The zero-order valence-electron chi connectivity index (χ0n) is 17.3. The van der Waals surface area contributed by atoms with Gasteiger partial charge in [0.05, 0.1) is 17.0 Å². The molecular weight excluding hydrogens is 388 g/mol. The van der Waals surface area contributed by atoms with Crippen LogP contribution in [0, 0.1) is 18.3 Å².